The highest BCUT2D eigenvalue weighted by Gasteiger charge is 2.05. The summed E-state index contributed by atoms with van der Waals surface area (Å²) in [6, 6.07) is 0. The fourth-order valence-electron chi connectivity index (χ4n) is 1.86. The van der Waals surface area contributed by atoms with E-state index in [1.165, 1.54) is 25.7 Å². The molecule has 1 aliphatic heterocycles. The van der Waals surface area contributed by atoms with Gasteiger partial charge in [0.25, 0.3) is 0 Å². The smallest absolute Gasteiger partial charge is 0.0591 e. The lowest BCUT2D eigenvalue weighted by Crippen LogP contribution is -2.30. The van der Waals surface area contributed by atoms with E-state index in [0.717, 1.165) is 26.3 Å². The second kappa shape index (κ2) is 12.3. The van der Waals surface area contributed by atoms with Crippen molar-refractivity contribution in [2.45, 2.75) is 65.6 Å². The number of ether oxygens (including phenoxy) is 2. The van der Waals surface area contributed by atoms with E-state index in [1.807, 2.05) is 0 Å². The molecule has 0 aromatic rings. The van der Waals surface area contributed by atoms with Crippen molar-refractivity contribution in [3.63, 3.8) is 0 Å². The summed E-state index contributed by atoms with van der Waals surface area (Å²) in [6.07, 6.45) is 5.71. The molecule has 0 amide bonds. The first-order valence-corrected chi connectivity index (χ1v) is 7.14. The molecule has 3 heteroatoms. The average molecular weight is 245 g/mol. The molecule has 104 valence electrons. The van der Waals surface area contributed by atoms with E-state index < -0.39 is 0 Å². The van der Waals surface area contributed by atoms with Crippen LogP contribution in [0.5, 0.6) is 0 Å². The molecule has 2 atom stereocenters. The summed E-state index contributed by atoms with van der Waals surface area (Å²) >= 11 is 0. The molecule has 1 saturated heterocycles. The largest absolute Gasteiger partial charge is 0.379 e. The van der Waals surface area contributed by atoms with Crippen molar-refractivity contribution < 1.29 is 9.47 Å². The fraction of sp³-hybridized carbons (Fsp3) is 1.00. The Morgan fingerprint density at radius 3 is 1.71 bits per heavy atom. The Morgan fingerprint density at radius 1 is 1.00 bits per heavy atom. The standard InChI is InChI=1S/C10H22O.C4H9NO/c1-5-7-9(3)11-10(4)8-6-2;1-3-6-4-2-5-1/h9-10H,5-8H2,1-4H3;5H,1-4H2. The Balaban J connectivity index is 0.000000354. The maximum Gasteiger partial charge on any atom is 0.0591 e. The molecular weight excluding hydrogens is 214 g/mol. The number of nitrogens with one attached hydrogen (secondary N) is 1. The van der Waals surface area contributed by atoms with Gasteiger partial charge in [0.05, 0.1) is 25.4 Å². The minimum absolute atomic E-state index is 0.446. The molecule has 1 N–H and O–H groups in total. The molecule has 0 aromatic carbocycles. The first kappa shape index (κ1) is 16.9. The normalized spacial score (nSPS) is 19.1. The average Bonchev–Trinajstić information content (AvgIpc) is 2.32. The minimum atomic E-state index is 0.446. The summed E-state index contributed by atoms with van der Waals surface area (Å²) in [6.45, 7) is 12.6. The van der Waals surface area contributed by atoms with Crippen molar-refractivity contribution in [1.82, 2.24) is 5.32 Å². The molecule has 1 fully saturated rings. The van der Waals surface area contributed by atoms with Crippen LogP contribution in [0.4, 0.5) is 0 Å². The van der Waals surface area contributed by atoms with Crippen LogP contribution in [0.25, 0.3) is 0 Å². The summed E-state index contributed by atoms with van der Waals surface area (Å²) < 4.78 is 10.7. The summed E-state index contributed by atoms with van der Waals surface area (Å²) in [4.78, 5) is 0. The van der Waals surface area contributed by atoms with Crippen molar-refractivity contribution in [2.24, 2.45) is 0 Å². The quantitative estimate of drug-likeness (QED) is 0.780. The summed E-state index contributed by atoms with van der Waals surface area (Å²) in [5, 5.41) is 3.16. The zero-order chi connectivity index (χ0) is 12.9. The third-order valence-corrected chi connectivity index (χ3v) is 2.70. The molecule has 2 unspecified atom stereocenters. The zero-order valence-corrected chi connectivity index (χ0v) is 12.1. The van der Waals surface area contributed by atoms with Gasteiger partial charge in [-0.25, -0.2) is 0 Å². The van der Waals surface area contributed by atoms with Crippen LogP contribution in [-0.4, -0.2) is 38.5 Å². The van der Waals surface area contributed by atoms with Gasteiger partial charge in [-0.05, 0) is 26.7 Å². The second-order valence-corrected chi connectivity index (χ2v) is 4.70. The predicted octanol–water partition coefficient (Wildman–Crippen LogP) is 2.99. The molecule has 1 heterocycles. The fourth-order valence-corrected chi connectivity index (χ4v) is 1.86. The Labute approximate surface area is 107 Å². The molecule has 0 saturated carbocycles. The lowest BCUT2D eigenvalue weighted by atomic mass is 10.2. The van der Waals surface area contributed by atoms with Crippen molar-refractivity contribution >= 4 is 0 Å². The number of rotatable bonds is 6. The van der Waals surface area contributed by atoms with Crippen molar-refractivity contribution in [3.8, 4) is 0 Å². The van der Waals surface area contributed by atoms with Crippen molar-refractivity contribution in [2.75, 3.05) is 26.3 Å². The SMILES string of the molecule is C1COCCN1.CCCC(C)OC(C)CCC. The highest BCUT2D eigenvalue weighted by Crippen LogP contribution is 2.08. The van der Waals surface area contributed by atoms with Gasteiger partial charge >= 0.3 is 0 Å². The van der Waals surface area contributed by atoms with Crippen LogP contribution in [0.15, 0.2) is 0 Å². The van der Waals surface area contributed by atoms with Crippen LogP contribution in [0.3, 0.4) is 0 Å². The van der Waals surface area contributed by atoms with E-state index in [2.05, 4.69) is 33.0 Å². The number of hydrogen-bond acceptors (Lipinski definition) is 3. The van der Waals surface area contributed by atoms with Gasteiger partial charge in [0.15, 0.2) is 0 Å². The van der Waals surface area contributed by atoms with E-state index in [0.29, 0.717) is 12.2 Å². The summed E-state index contributed by atoms with van der Waals surface area (Å²) in [7, 11) is 0. The van der Waals surface area contributed by atoms with Crippen LogP contribution in [0.1, 0.15) is 53.4 Å². The maximum atomic E-state index is 5.73. The van der Waals surface area contributed by atoms with Crippen LogP contribution >= 0.6 is 0 Å². The molecule has 0 aliphatic carbocycles. The first-order chi connectivity index (χ1) is 8.20. The van der Waals surface area contributed by atoms with Gasteiger partial charge in [-0.15, -0.1) is 0 Å². The van der Waals surface area contributed by atoms with E-state index in [1.54, 1.807) is 0 Å². The van der Waals surface area contributed by atoms with Crippen LogP contribution in [-0.2, 0) is 9.47 Å². The van der Waals surface area contributed by atoms with Crippen LogP contribution < -0.4 is 5.32 Å². The second-order valence-electron chi connectivity index (χ2n) is 4.70. The van der Waals surface area contributed by atoms with Gasteiger partial charge in [0.2, 0.25) is 0 Å². The summed E-state index contributed by atoms with van der Waals surface area (Å²) in [5.74, 6) is 0. The van der Waals surface area contributed by atoms with Gasteiger partial charge in [-0.3, -0.25) is 0 Å². The lowest BCUT2D eigenvalue weighted by Gasteiger charge is -2.17. The molecule has 3 nitrogen and oxygen atoms in total. The van der Waals surface area contributed by atoms with Gasteiger partial charge in [-0.2, -0.15) is 0 Å². The molecule has 1 aliphatic rings. The minimum Gasteiger partial charge on any atom is -0.379 e. The molecule has 0 aromatic heterocycles. The predicted molar refractivity (Wildman–Crippen MR) is 73.5 cm³/mol. The Morgan fingerprint density at radius 2 is 1.47 bits per heavy atom. The third-order valence-electron chi connectivity index (χ3n) is 2.70. The molecule has 0 radical (unpaired) electrons. The van der Waals surface area contributed by atoms with Crippen molar-refractivity contribution in [1.29, 1.82) is 0 Å². The Hall–Kier alpha value is -0.120. The Bertz CT molecular complexity index is 128. The van der Waals surface area contributed by atoms with E-state index >= 15 is 0 Å². The number of morpholine rings is 1. The Kier molecular flexibility index (Phi) is 12.3. The lowest BCUT2D eigenvalue weighted by molar-refractivity contribution is -0.000491. The third kappa shape index (κ3) is 12.1. The highest BCUT2D eigenvalue weighted by molar-refractivity contribution is 4.54. The van der Waals surface area contributed by atoms with Gasteiger partial charge in [0.1, 0.15) is 0 Å². The molecular formula is C14H31NO2. The van der Waals surface area contributed by atoms with E-state index in [4.69, 9.17) is 9.47 Å². The first-order valence-electron chi connectivity index (χ1n) is 7.14. The highest BCUT2D eigenvalue weighted by atomic mass is 16.5. The molecule has 0 bridgehead atoms. The molecule has 17 heavy (non-hydrogen) atoms. The number of hydrogen-bond donors (Lipinski definition) is 1. The van der Waals surface area contributed by atoms with E-state index in [-0.39, 0.29) is 0 Å². The van der Waals surface area contributed by atoms with E-state index in [9.17, 15) is 0 Å². The van der Waals surface area contributed by atoms with Crippen LogP contribution in [0.2, 0.25) is 0 Å². The molecule has 0 spiro atoms. The van der Waals surface area contributed by atoms with Crippen LogP contribution in [0, 0.1) is 0 Å². The maximum absolute atomic E-state index is 5.73. The monoisotopic (exact) mass is 245 g/mol. The van der Waals surface area contributed by atoms with Gasteiger partial charge in [-0.1, -0.05) is 26.7 Å². The topological polar surface area (TPSA) is 30.5 Å². The van der Waals surface area contributed by atoms with Gasteiger partial charge < -0.3 is 14.8 Å². The summed E-state index contributed by atoms with van der Waals surface area (Å²) in [5.41, 5.74) is 0. The van der Waals surface area contributed by atoms with Crippen molar-refractivity contribution in [3.05, 3.63) is 0 Å². The van der Waals surface area contributed by atoms with Gasteiger partial charge in [0, 0.05) is 13.1 Å². The molecule has 1 rings (SSSR count). The zero-order valence-electron chi connectivity index (χ0n) is 12.1.